The van der Waals surface area contributed by atoms with Gasteiger partial charge in [0.05, 0.1) is 10.6 Å². The molecule has 1 atom stereocenters. The van der Waals surface area contributed by atoms with Gasteiger partial charge in [0.2, 0.25) is 0 Å². The number of rotatable bonds is 3. The van der Waals surface area contributed by atoms with E-state index in [4.69, 9.17) is 11.6 Å². The first-order chi connectivity index (χ1) is 11.5. The lowest BCUT2D eigenvalue weighted by atomic mass is 9.80. The molecule has 0 spiro atoms. The standard InChI is InChI=1S/C18H24ClF3N2/c19-16-7-6-14(12-15(16)18(20,21)22)17(13-4-2-1-3-5-13)24-10-8-23-9-11-24/h6-7,12-13,17,23H,1-5,8-11H2/t17-/m0/s1. The van der Waals surface area contributed by atoms with Crippen molar-refractivity contribution in [3.05, 3.63) is 34.3 Å². The number of halogens is 4. The maximum Gasteiger partial charge on any atom is 0.417 e. The lowest BCUT2D eigenvalue weighted by Gasteiger charge is -2.41. The predicted molar refractivity (Wildman–Crippen MR) is 90.2 cm³/mol. The molecule has 1 aliphatic carbocycles. The first-order valence-electron chi connectivity index (χ1n) is 8.78. The highest BCUT2D eigenvalue weighted by molar-refractivity contribution is 6.31. The van der Waals surface area contributed by atoms with Crippen molar-refractivity contribution in [2.75, 3.05) is 26.2 Å². The van der Waals surface area contributed by atoms with Crippen LogP contribution in [0.4, 0.5) is 13.2 Å². The molecule has 2 aliphatic rings. The molecule has 1 aromatic rings. The maximum absolute atomic E-state index is 13.3. The Hall–Kier alpha value is -0.780. The highest BCUT2D eigenvalue weighted by Gasteiger charge is 2.36. The minimum absolute atomic E-state index is 0.0609. The van der Waals surface area contributed by atoms with Crippen LogP contribution in [0.5, 0.6) is 0 Å². The zero-order chi connectivity index (χ0) is 17.2. The van der Waals surface area contributed by atoms with Crippen molar-refractivity contribution >= 4 is 11.6 Å². The van der Waals surface area contributed by atoms with Crippen LogP contribution in [-0.4, -0.2) is 31.1 Å². The molecule has 1 saturated carbocycles. The number of alkyl halides is 3. The van der Waals surface area contributed by atoms with Gasteiger partial charge in [-0.05, 0) is 36.5 Å². The molecule has 1 N–H and O–H groups in total. The Morgan fingerprint density at radius 1 is 1.08 bits per heavy atom. The van der Waals surface area contributed by atoms with E-state index < -0.39 is 11.7 Å². The quantitative estimate of drug-likeness (QED) is 0.826. The summed E-state index contributed by atoms with van der Waals surface area (Å²) in [6, 6.07) is 4.55. The second-order valence-electron chi connectivity index (χ2n) is 6.87. The van der Waals surface area contributed by atoms with Crippen molar-refractivity contribution in [3.63, 3.8) is 0 Å². The minimum Gasteiger partial charge on any atom is -0.314 e. The van der Waals surface area contributed by atoms with E-state index in [2.05, 4.69) is 10.2 Å². The average molecular weight is 361 g/mol. The summed E-state index contributed by atoms with van der Waals surface area (Å²) in [4.78, 5) is 2.36. The molecular weight excluding hydrogens is 337 g/mol. The van der Waals surface area contributed by atoms with Gasteiger partial charge in [0.1, 0.15) is 0 Å². The Morgan fingerprint density at radius 3 is 2.38 bits per heavy atom. The number of nitrogens with zero attached hydrogens (tertiary/aromatic N) is 1. The third kappa shape index (κ3) is 4.06. The zero-order valence-electron chi connectivity index (χ0n) is 13.7. The third-order valence-electron chi connectivity index (χ3n) is 5.28. The van der Waals surface area contributed by atoms with Crippen LogP contribution in [0, 0.1) is 5.92 Å². The van der Waals surface area contributed by atoms with E-state index in [1.807, 2.05) is 0 Å². The Kier molecular flexibility index (Phi) is 5.73. The van der Waals surface area contributed by atoms with Gasteiger partial charge < -0.3 is 5.32 Å². The van der Waals surface area contributed by atoms with Crippen molar-refractivity contribution in [1.29, 1.82) is 0 Å². The molecule has 0 aromatic heterocycles. The molecular formula is C18H24ClF3N2. The predicted octanol–water partition coefficient (Wildman–Crippen LogP) is 4.89. The fraction of sp³-hybridized carbons (Fsp3) is 0.667. The van der Waals surface area contributed by atoms with Gasteiger partial charge in [0.25, 0.3) is 0 Å². The monoisotopic (exact) mass is 360 g/mol. The van der Waals surface area contributed by atoms with Crippen LogP contribution < -0.4 is 5.32 Å². The Balaban J connectivity index is 1.95. The SMILES string of the molecule is FC(F)(F)c1cc([C@H](C2CCCCC2)N2CCNCC2)ccc1Cl. The Labute approximate surface area is 146 Å². The number of nitrogens with one attached hydrogen (secondary N) is 1. The molecule has 3 rings (SSSR count). The molecule has 1 aliphatic heterocycles. The van der Waals surface area contributed by atoms with Gasteiger partial charge in [0, 0.05) is 32.2 Å². The summed E-state index contributed by atoms with van der Waals surface area (Å²) in [5, 5.41) is 3.11. The van der Waals surface area contributed by atoms with Crippen molar-refractivity contribution in [3.8, 4) is 0 Å². The molecule has 0 bridgehead atoms. The fourth-order valence-electron chi connectivity index (χ4n) is 4.14. The van der Waals surface area contributed by atoms with E-state index in [9.17, 15) is 13.2 Å². The highest BCUT2D eigenvalue weighted by Crippen LogP contribution is 2.42. The lowest BCUT2D eigenvalue weighted by Crippen LogP contribution is -2.47. The number of hydrogen-bond donors (Lipinski definition) is 1. The average Bonchev–Trinajstić information content (AvgIpc) is 2.57. The van der Waals surface area contributed by atoms with Crippen LogP contribution in [0.2, 0.25) is 5.02 Å². The zero-order valence-corrected chi connectivity index (χ0v) is 14.5. The molecule has 0 amide bonds. The van der Waals surface area contributed by atoms with E-state index in [1.165, 1.54) is 31.4 Å². The third-order valence-corrected chi connectivity index (χ3v) is 5.61. The molecule has 24 heavy (non-hydrogen) atoms. The molecule has 134 valence electrons. The second-order valence-corrected chi connectivity index (χ2v) is 7.27. The molecule has 1 heterocycles. The molecule has 1 saturated heterocycles. The van der Waals surface area contributed by atoms with Gasteiger partial charge in [-0.2, -0.15) is 13.2 Å². The second kappa shape index (κ2) is 7.63. The van der Waals surface area contributed by atoms with Crippen LogP contribution in [0.3, 0.4) is 0 Å². The summed E-state index contributed by atoms with van der Waals surface area (Å²) >= 11 is 5.81. The topological polar surface area (TPSA) is 15.3 Å². The normalized spacial score (nSPS) is 22.5. The largest absolute Gasteiger partial charge is 0.417 e. The van der Waals surface area contributed by atoms with E-state index >= 15 is 0 Å². The van der Waals surface area contributed by atoms with Gasteiger partial charge in [-0.15, -0.1) is 0 Å². The highest BCUT2D eigenvalue weighted by atomic mass is 35.5. The molecule has 2 fully saturated rings. The number of piperazine rings is 1. The summed E-state index contributed by atoms with van der Waals surface area (Å²) in [5.74, 6) is 0.430. The number of benzene rings is 1. The van der Waals surface area contributed by atoms with Crippen molar-refractivity contribution < 1.29 is 13.2 Å². The van der Waals surface area contributed by atoms with Gasteiger partial charge in [0.15, 0.2) is 0 Å². The van der Waals surface area contributed by atoms with Crippen LogP contribution in [0.1, 0.15) is 49.3 Å². The van der Waals surface area contributed by atoms with E-state index in [0.717, 1.165) is 44.6 Å². The summed E-state index contributed by atoms with van der Waals surface area (Å²) in [6.45, 7) is 3.54. The van der Waals surface area contributed by atoms with E-state index in [1.54, 1.807) is 6.07 Å². The fourth-order valence-corrected chi connectivity index (χ4v) is 4.36. The Morgan fingerprint density at radius 2 is 1.75 bits per heavy atom. The molecule has 0 radical (unpaired) electrons. The summed E-state index contributed by atoms with van der Waals surface area (Å²) in [5.41, 5.74) is 0.0538. The molecule has 2 nitrogen and oxygen atoms in total. The minimum atomic E-state index is -4.41. The Bertz CT molecular complexity index is 532. The van der Waals surface area contributed by atoms with E-state index in [-0.39, 0.29) is 11.1 Å². The van der Waals surface area contributed by atoms with E-state index in [0.29, 0.717) is 5.92 Å². The smallest absolute Gasteiger partial charge is 0.314 e. The van der Waals surface area contributed by atoms with Gasteiger partial charge in [-0.1, -0.05) is 36.9 Å². The molecule has 0 unspecified atom stereocenters. The van der Waals surface area contributed by atoms with Crippen molar-refractivity contribution in [2.24, 2.45) is 5.92 Å². The van der Waals surface area contributed by atoms with Gasteiger partial charge in [-0.25, -0.2) is 0 Å². The van der Waals surface area contributed by atoms with Gasteiger partial charge >= 0.3 is 6.18 Å². The summed E-state index contributed by atoms with van der Waals surface area (Å²) in [6.07, 6.45) is 1.37. The van der Waals surface area contributed by atoms with Crippen LogP contribution in [0.15, 0.2) is 18.2 Å². The summed E-state index contributed by atoms with van der Waals surface area (Å²) < 4.78 is 39.8. The maximum atomic E-state index is 13.3. The first-order valence-corrected chi connectivity index (χ1v) is 9.16. The summed E-state index contributed by atoms with van der Waals surface area (Å²) in [7, 11) is 0. The van der Waals surface area contributed by atoms with Crippen molar-refractivity contribution in [2.45, 2.75) is 44.3 Å². The van der Waals surface area contributed by atoms with Crippen LogP contribution in [-0.2, 0) is 6.18 Å². The van der Waals surface area contributed by atoms with Gasteiger partial charge in [-0.3, -0.25) is 4.90 Å². The van der Waals surface area contributed by atoms with Crippen LogP contribution >= 0.6 is 11.6 Å². The first kappa shape index (κ1) is 18.0. The molecule has 1 aromatic carbocycles. The number of hydrogen-bond acceptors (Lipinski definition) is 2. The van der Waals surface area contributed by atoms with Crippen LogP contribution in [0.25, 0.3) is 0 Å². The van der Waals surface area contributed by atoms with Crippen molar-refractivity contribution in [1.82, 2.24) is 10.2 Å². The lowest BCUT2D eigenvalue weighted by molar-refractivity contribution is -0.137. The molecule has 6 heteroatoms.